The monoisotopic (exact) mass is 359 g/mol. The Morgan fingerprint density at radius 3 is 2.46 bits per heavy atom. The van der Waals surface area contributed by atoms with E-state index in [1.54, 1.807) is 0 Å². The topological polar surface area (TPSA) is 83.4 Å². The van der Waals surface area contributed by atoms with Crippen molar-refractivity contribution in [3.63, 3.8) is 0 Å². The Kier molecular flexibility index (Phi) is 5.03. The Labute approximate surface area is 138 Å². The molecule has 0 saturated carbocycles. The van der Waals surface area contributed by atoms with Gasteiger partial charge in [-0.25, -0.2) is 9.78 Å². The summed E-state index contributed by atoms with van der Waals surface area (Å²) in [7, 11) is 0. The van der Waals surface area contributed by atoms with Crippen molar-refractivity contribution in [3.8, 4) is 0 Å². The van der Waals surface area contributed by atoms with Crippen LogP contribution in [0.5, 0.6) is 0 Å². The van der Waals surface area contributed by atoms with Crippen LogP contribution in [0, 0.1) is 0 Å². The van der Waals surface area contributed by atoms with E-state index in [9.17, 15) is 27.9 Å². The van der Waals surface area contributed by atoms with Crippen molar-refractivity contribution in [2.45, 2.75) is 12.7 Å². The van der Waals surface area contributed by atoms with Crippen LogP contribution in [0.15, 0.2) is 30.5 Å². The molecule has 1 amide bonds. The number of amides is 1. The molecule has 0 radical (unpaired) electrons. The lowest BCUT2D eigenvalue weighted by molar-refractivity contribution is -0.141. The molecular weight excluding hydrogens is 351 g/mol. The van der Waals surface area contributed by atoms with E-state index in [4.69, 9.17) is 11.6 Å². The third kappa shape index (κ3) is 3.99. The zero-order chi connectivity index (χ0) is 17.9. The number of hydrogen-bond acceptors (Lipinski definition) is 4. The van der Waals surface area contributed by atoms with Crippen LogP contribution in [-0.4, -0.2) is 27.5 Å². The second kappa shape index (κ2) is 6.83. The molecule has 2 heterocycles. The van der Waals surface area contributed by atoms with Crippen LogP contribution >= 0.6 is 11.6 Å². The first-order chi connectivity index (χ1) is 11.2. The van der Waals surface area contributed by atoms with Gasteiger partial charge < -0.3 is 5.11 Å². The summed E-state index contributed by atoms with van der Waals surface area (Å²) in [5.41, 5.74) is -0.769. The van der Waals surface area contributed by atoms with Gasteiger partial charge in [-0.3, -0.25) is 14.7 Å². The predicted molar refractivity (Wildman–Crippen MR) is 78.1 cm³/mol. The molecule has 0 aliphatic carbocycles. The van der Waals surface area contributed by atoms with E-state index in [0.29, 0.717) is 6.29 Å². The minimum Gasteiger partial charge on any atom is -0.465 e. The summed E-state index contributed by atoms with van der Waals surface area (Å²) < 4.78 is 37.4. The van der Waals surface area contributed by atoms with E-state index in [1.807, 2.05) is 0 Å². The molecule has 0 aromatic carbocycles. The lowest BCUT2D eigenvalue weighted by Crippen LogP contribution is -2.29. The molecule has 0 atom stereocenters. The lowest BCUT2D eigenvalue weighted by atomic mass is 10.2. The largest absolute Gasteiger partial charge is 0.465 e. The molecule has 10 heteroatoms. The normalized spacial score (nSPS) is 11.2. The highest BCUT2D eigenvalue weighted by Gasteiger charge is 2.32. The summed E-state index contributed by atoms with van der Waals surface area (Å²) in [6, 6.07) is 4.43. The number of aromatic nitrogens is 2. The van der Waals surface area contributed by atoms with Gasteiger partial charge in [-0.1, -0.05) is 17.7 Å². The quantitative estimate of drug-likeness (QED) is 0.665. The van der Waals surface area contributed by atoms with E-state index >= 15 is 0 Å². The van der Waals surface area contributed by atoms with Crippen molar-refractivity contribution in [2.75, 3.05) is 4.90 Å². The molecule has 1 N–H and O–H groups in total. The summed E-state index contributed by atoms with van der Waals surface area (Å²) >= 11 is 5.75. The summed E-state index contributed by atoms with van der Waals surface area (Å²) in [6.45, 7) is -0.287. The molecule has 0 aliphatic rings. The van der Waals surface area contributed by atoms with Crippen molar-refractivity contribution in [1.82, 2.24) is 9.97 Å². The number of rotatable bonds is 4. The first kappa shape index (κ1) is 17.7. The first-order valence-electron chi connectivity index (χ1n) is 6.36. The Morgan fingerprint density at radius 2 is 2.00 bits per heavy atom. The summed E-state index contributed by atoms with van der Waals surface area (Å²) in [4.78, 5) is 29.9. The Balaban J connectivity index is 2.27. The molecule has 2 aromatic heterocycles. The maximum atomic E-state index is 12.5. The molecule has 24 heavy (non-hydrogen) atoms. The maximum Gasteiger partial charge on any atom is 0.433 e. The number of anilines is 1. The van der Waals surface area contributed by atoms with Crippen LogP contribution in [0.3, 0.4) is 0 Å². The standard InChI is InChI=1S/C14H9ClF3N3O3/c15-12-9(7-22)2-4-11(20-12)21(13(23)24)6-8-1-3-10(19-5-8)14(16,17)18/h1-5,7H,6H2,(H,23,24). The molecular formula is C14H9ClF3N3O3. The molecule has 0 fully saturated rings. The van der Waals surface area contributed by atoms with Gasteiger partial charge in [-0.2, -0.15) is 13.2 Å². The fourth-order valence-electron chi connectivity index (χ4n) is 1.79. The third-order valence-electron chi connectivity index (χ3n) is 2.95. The van der Waals surface area contributed by atoms with Gasteiger partial charge in [0.15, 0.2) is 6.29 Å². The van der Waals surface area contributed by atoms with Gasteiger partial charge in [0.1, 0.15) is 16.7 Å². The van der Waals surface area contributed by atoms with Crippen molar-refractivity contribution < 1.29 is 27.9 Å². The smallest absolute Gasteiger partial charge is 0.433 e. The summed E-state index contributed by atoms with van der Waals surface area (Å²) in [5.74, 6) is -0.0713. The fraction of sp³-hybridized carbons (Fsp3) is 0.143. The Morgan fingerprint density at radius 1 is 1.29 bits per heavy atom. The summed E-state index contributed by atoms with van der Waals surface area (Å²) in [5, 5.41) is 9.08. The SMILES string of the molecule is O=Cc1ccc(N(Cc2ccc(C(F)(F)F)nc2)C(=O)O)nc1Cl. The maximum absolute atomic E-state index is 12.5. The van der Waals surface area contributed by atoms with Gasteiger partial charge in [0.05, 0.1) is 12.1 Å². The zero-order valence-electron chi connectivity index (χ0n) is 11.8. The molecule has 2 rings (SSSR count). The highest BCUT2D eigenvalue weighted by molar-refractivity contribution is 6.31. The summed E-state index contributed by atoms with van der Waals surface area (Å²) in [6.07, 6.45) is -4.58. The zero-order valence-corrected chi connectivity index (χ0v) is 12.5. The molecule has 0 bridgehead atoms. The molecule has 2 aromatic rings. The van der Waals surface area contributed by atoms with Crippen molar-refractivity contribution in [1.29, 1.82) is 0 Å². The van der Waals surface area contributed by atoms with Crippen LogP contribution in [0.1, 0.15) is 21.6 Å². The number of aldehydes is 1. The van der Waals surface area contributed by atoms with Gasteiger partial charge in [0.25, 0.3) is 0 Å². The number of halogens is 4. The third-order valence-corrected chi connectivity index (χ3v) is 3.26. The molecule has 6 nitrogen and oxygen atoms in total. The van der Waals surface area contributed by atoms with E-state index in [2.05, 4.69) is 9.97 Å². The Bertz CT molecular complexity index is 766. The second-order valence-corrected chi connectivity index (χ2v) is 4.94. The first-order valence-corrected chi connectivity index (χ1v) is 6.74. The van der Waals surface area contributed by atoms with Crippen molar-refractivity contribution in [2.24, 2.45) is 0 Å². The number of carboxylic acid groups (broad SMARTS) is 1. The van der Waals surface area contributed by atoms with Gasteiger partial charge in [-0.15, -0.1) is 0 Å². The number of nitrogens with zero attached hydrogens (tertiary/aromatic N) is 3. The molecule has 0 spiro atoms. The van der Waals surface area contributed by atoms with E-state index < -0.39 is 18.0 Å². The molecule has 0 saturated heterocycles. The van der Waals surface area contributed by atoms with E-state index in [0.717, 1.165) is 23.2 Å². The number of carbonyl (C=O) groups is 2. The fourth-order valence-corrected chi connectivity index (χ4v) is 1.98. The van der Waals surface area contributed by atoms with Crippen molar-refractivity contribution >= 4 is 29.8 Å². The van der Waals surface area contributed by atoms with Crippen LogP contribution in [0.2, 0.25) is 5.15 Å². The number of carbonyl (C=O) groups excluding carboxylic acids is 1. The minimum absolute atomic E-state index is 0.0713. The van der Waals surface area contributed by atoms with E-state index in [1.165, 1.54) is 12.1 Å². The number of hydrogen-bond donors (Lipinski definition) is 1. The lowest BCUT2D eigenvalue weighted by Gasteiger charge is -2.18. The number of alkyl halides is 3. The van der Waals surface area contributed by atoms with Gasteiger partial charge in [0, 0.05) is 6.20 Å². The van der Waals surface area contributed by atoms with Crippen molar-refractivity contribution in [3.05, 3.63) is 52.4 Å². The van der Waals surface area contributed by atoms with Crippen LogP contribution < -0.4 is 4.90 Å². The average molecular weight is 360 g/mol. The average Bonchev–Trinajstić information content (AvgIpc) is 2.52. The van der Waals surface area contributed by atoms with Crippen LogP contribution in [-0.2, 0) is 12.7 Å². The minimum atomic E-state index is -4.58. The van der Waals surface area contributed by atoms with Crippen LogP contribution in [0.25, 0.3) is 0 Å². The second-order valence-electron chi connectivity index (χ2n) is 4.59. The molecule has 126 valence electrons. The predicted octanol–water partition coefficient (Wildman–Crippen LogP) is 3.65. The van der Waals surface area contributed by atoms with Gasteiger partial charge in [-0.05, 0) is 23.8 Å². The van der Waals surface area contributed by atoms with Crippen LogP contribution in [0.4, 0.5) is 23.8 Å². The number of pyridine rings is 2. The van der Waals surface area contributed by atoms with E-state index in [-0.39, 0.29) is 28.6 Å². The highest BCUT2D eigenvalue weighted by Crippen LogP contribution is 2.27. The van der Waals surface area contributed by atoms with Gasteiger partial charge in [0.2, 0.25) is 0 Å². The molecule has 0 aliphatic heterocycles. The molecule has 0 unspecified atom stereocenters. The highest BCUT2D eigenvalue weighted by atomic mass is 35.5. The Hall–Kier alpha value is -2.68. The van der Waals surface area contributed by atoms with Gasteiger partial charge >= 0.3 is 12.3 Å².